The van der Waals surface area contributed by atoms with Crippen molar-refractivity contribution < 1.29 is 4.79 Å². The summed E-state index contributed by atoms with van der Waals surface area (Å²) in [6.07, 6.45) is 6.43. The van der Waals surface area contributed by atoms with Crippen molar-refractivity contribution in [3.63, 3.8) is 0 Å². The van der Waals surface area contributed by atoms with Crippen molar-refractivity contribution in [2.45, 2.75) is 52.5 Å². The maximum Gasteiger partial charge on any atom is 0.261 e. The Bertz CT molecular complexity index is 724. The van der Waals surface area contributed by atoms with Crippen LogP contribution in [0.5, 0.6) is 0 Å². The van der Waals surface area contributed by atoms with Crippen LogP contribution in [0, 0.1) is 5.92 Å². The molecule has 0 radical (unpaired) electrons. The third-order valence-corrected chi connectivity index (χ3v) is 4.44. The first-order valence-corrected chi connectivity index (χ1v) is 8.86. The fraction of sp³-hybridized carbons (Fsp3) is 0.526. The van der Waals surface area contributed by atoms with E-state index in [9.17, 15) is 9.59 Å². The van der Waals surface area contributed by atoms with E-state index in [1.807, 2.05) is 18.2 Å². The van der Waals surface area contributed by atoms with Gasteiger partial charge in [0, 0.05) is 19.5 Å². The highest BCUT2D eigenvalue weighted by molar-refractivity contribution is 5.77. The zero-order valence-electron chi connectivity index (χ0n) is 14.6. The molecule has 1 amide bonds. The van der Waals surface area contributed by atoms with Gasteiger partial charge in [-0.3, -0.25) is 14.2 Å². The number of nitrogens with zero attached hydrogens (tertiary/aromatic N) is 2. The number of benzene rings is 1. The van der Waals surface area contributed by atoms with Crippen LogP contribution >= 0.6 is 0 Å². The minimum atomic E-state index is -0.0946. The van der Waals surface area contributed by atoms with Crippen LogP contribution in [-0.4, -0.2) is 22.0 Å². The maximum absolute atomic E-state index is 12.4. The quantitative estimate of drug-likeness (QED) is 0.769. The molecule has 0 bridgehead atoms. The molecule has 0 fully saturated rings. The Morgan fingerprint density at radius 2 is 2.08 bits per heavy atom. The van der Waals surface area contributed by atoms with E-state index in [1.165, 1.54) is 23.7 Å². The first-order valence-electron chi connectivity index (χ1n) is 8.86. The highest BCUT2D eigenvalue weighted by Crippen LogP contribution is 2.11. The summed E-state index contributed by atoms with van der Waals surface area (Å²) in [7, 11) is 0. The number of rotatable bonds is 9. The molecule has 1 aromatic carbocycles. The Labute approximate surface area is 143 Å². The van der Waals surface area contributed by atoms with Gasteiger partial charge in [-0.2, -0.15) is 0 Å². The third-order valence-electron chi connectivity index (χ3n) is 4.44. The Balaban J connectivity index is 1.88. The van der Waals surface area contributed by atoms with Gasteiger partial charge in [0.05, 0.1) is 17.2 Å². The highest BCUT2D eigenvalue weighted by atomic mass is 16.1. The topological polar surface area (TPSA) is 64.0 Å². The molecule has 1 unspecified atom stereocenters. The number of aryl methyl sites for hydroxylation is 1. The monoisotopic (exact) mass is 329 g/mol. The number of hydrogen-bond donors (Lipinski definition) is 1. The Morgan fingerprint density at radius 1 is 1.29 bits per heavy atom. The second-order valence-electron chi connectivity index (χ2n) is 6.23. The molecule has 1 atom stereocenters. The molecule has 2 rings (SSSR count). The van der Waals surface area contributed by atoms with Crippen LogP contribution in [0.25, 0.3) is 10.9 Å². The largest absolute Gasteiger partial charge is 0.356 e. The predicted molar refractivity (Wildman–Crippen MR) is 96.9 cm³/mol. The van der Waals surface area contributed by atoms with Gasteiger partial charge in [-0.1, -0.05) is 45.2 Å². The number of carbonyl (C=O) groups is 1. The van der Waals surface area contributed by atoms with Gasteiger partial charge in [-0.15, -0.1) is 0 Å². The Kier molecular flexibility index (Phi) is 6.97. The number of aromatic nitrogens is 2. The van der Waals surface area contributed by atoms with Gasteiger partial charge < -0.3 is 5.32 Å². The van der Waals surface area contributed by atoms with E-state index in [2.05, 4.69) is 24.1 Å². The van der Waals surface area contributed by atoms with Crippen LogP contribution in [0.15, 0.2) is 35.4 Å². The zero-order valence-corrected chi connectivity index (χ0v) is 14.6. The van der Waals surface area contributed by atoms with Crippen molar-refractivity contribution in [2.75, 3.05) is 6.54 Å². The number of carbonyl (C=O) groups excluding carboxylic acids is 1. The van der Waals surface area contributed by atoms with Crippen LogP contribution in [0.2, 0.25) is 0 Å². The summed E-state index contributed by atoms with van der Waals surface area (Å²) in [5, 5.41) is 3.58. The first kappa shape index (κ1) is 18.2. The second-order valence-corrected chi connectivity index (χ2v) is 6.23. The lowest BCUT2D eigenvalue weighted by atomic mass is 9.99. The fourth-order valence-electron chi connectivity index (χ4n) is 2.78. The minimum Gasteiger partial charge on any atom is -0.356 e. The van der Waals surface area contributed by atoms with Gasteiger partial charge in [0.15, 0.2) is 0 Å². The molecule has 0 saturated carbocycles. The number of para-hydroxylation sites is 1. The smallest absolute Gasteiger partial charge is 0.261 e. The molecule has 1 N–H and O–H groups in total. The summed E-state index contributed by atoms with van der Waals surface area (Å²) in [6.45, 7) is 5.42. The lowest BCUT2D eigenvalue weighted by Crippen LogP contribution is -2.31. The third kappa shape index (κ3) is 4.91. The summed E-state index contributed by atoms with van der Waals surface area (Å²) in [6, 6.07) is 7.26. The molecule has 5 heteroatoms. The van der Waals surface area contributed by atoms with Crippen molar-refractivity contribution in [1.82, 2.24) is 14.9 Å². The van der Waals surface area contributed by atoms with Crippen molar-refractivity contribution in [3.05, 3.63) is 40.9 Å². The minimum absolute atomic E-state index is 0.00925. The van der Waals surface area contributed by atoms with Gasteiger partial charge >= 0.3 is 0 Å². The van der Waals surface area contributed by atoms with Crippen molar-refractivity contribution in [2.24, 2.45) is 5.92 Å². The molecule has 1 aromatic heterocycles. The second kappa shape index (κ2) is 9.21. The molecule has 0 aliphatic rings. The molecule has 0 aliphatic carbocycles. The van der Waals surface area contributed by atoms with Crippen molar-refractivity contribution in [1.29, 1.82) is 0 Å². The lowest BCUT2D eigenvalue weighted by Gasteiger charge is -2.15. The van der Waals surface area contributed by atoms with Crippen LogP contribution < -0.4 is 10.9 Å². The number of fused-ring (bicyclic) bond motifs is 1. The van der Waals surface area contributed by atoms with E-state index in [4.69, 9.17) is 0 Å². The van der Waals surface area contributed by atoms with Crippen LogP contribution in [0.1, 0.15) is 46.0 Å². The molecule has 1 heterocycles. The highest BCUT2D eigenvalue weighted by Gasteiger charge is 2.09. The SMILES string of the molecule is CCCCC(CC)CNC(=O)CCn1cnc2ccccc2c1=O. The van der Waals surface area contributed by atoms with Gasteiger partial charge in [0.2, 0.25) is 5.91 Å². The number of hydrogen-bond acceptors (Lipinski definition) is 3. The van der Waals surface area contributed by atoms with Crippen molar-refractivity contribution in [3.8, 4) is 0 Å². The normalized spacial score (nSPS) is 12.2. The molecule has 0 saturated heterocycles. The van der Waals surface area contributed by atoms with Crippen LogP contribution in [0.3, 0.4) is 0 Å². The Hall–Kier alpha value is -2.17. The molecule has 0 spiro atoms. The van der Waals surface area contributed by atoms with E-state index in [1.54, 1.807) is 6.07 Å². The summed E-state index contributed by atoms with van der Waals surface area (Å²) in [4.78, 5) is 28.7. The Morgan fingerprint density at radius 3 is 2.83 bits per heavy atom. The molecule has 24 heavy (non-hydrogen) atoms. The summed E-state index contributed by atoms with van der Waals surface area (Å²) >= 11 is 0. The summed E-state index contributed by atoms with van der Waals surface area (Å²) in [5.41, 5.74) is 0.590. The molecule has 5 nitrogen and oxygen atoms in total. The number of nitrogens with one attached hydrogen (secondary N) is 1. The lowest BCUT2D eigenvalue weighted by molar-refractivity contribution is -0.121. The van der Waals surface area contributed by atoms with E-state index >= 15 is 0 Å². The van der Waals surface area contributed by atoms with Crippen LogP contribution in [0.4, 0.5) is 0 Å². The average molecular weight is 329 g/mol. The van der Waals surface area contributed by atoms with Gasteiger partial charge in [-0.05, 0) is 24.5 Å². The molecule has 0 aliphatic heterocycles. The number of amides is 1. The molecule has 2 aromatic rings. The van der Waals surface area contributed by atoms with E-state index < -0.39 is 0 Å². The van der Waals surface area contributed by atoms with E-state index in [0.29, 0.717) is 29.8 Å². The van der Waals surface area contributed by atoms with Gasteiger partial charge in [0.1, 0.15) is 0 Å². The van der Waals surface area contributed by atoms with E-state index in [0.717, 1.165) is 19.4 Å². The van der Waals surface area contributed by atoms with Gasteiger partial charge in [0.25, 0.3) is 5.56 Å². The summed E-state index contributed by atoms with van der Waals surface area (Å²) in [5.74, 6) is 0.531. The standard InChI is InChI=1S/C19H27N3O2/c1-3-5-8-15(4-2)13-20-18(23)11-12-22-14-21-17-10-7-6-9-16(17)19(22)24/h6-7,9-10,14-15H,3-5,8,11-13H2,1-2H3,(H,20,23). The molecular weight excluding hydrogens is 302 g/mol. The maximum atomic E-state index is 12.4. The van der Waals surface area contributed by atoms with E-state index in [-0.39, 0.29) is 11.5 Å². The van der Waals surface area contributed by atoms with Crippen molar-refractivity contribution >= 4 is 16.8 Å². The molecular formula is C19H27N3O2. The summed E-state index contributed by atoms with van der Waals surface area (Å²) < 4.78 is 1.51. The average Bonchev–Trinajstić information content (AvgIpc) is 2.61. The zero-order chi connectivity index (χ0) is 17.4. The first-order chi connectivity index (χ1) is 11.7. The number of unbranched alkanes of at least 4 members (excludes halogenated alkanes) is 1. The molecule has 130 valence electrons. The predicted octanol–water partition coefficient (Wildman–Crippen LogP) is 3.12. The van der Waals surface area contributed by atoms with Gasteiger partial charge in [-0.25, -0.2) is 4.98 Å². The van der Waals surface area contributed by atoms with Crippen LogP contribution in [-0.2, 0) is 11.3 Å². The fourth-order valence-corrected chi connectivity index (χ4v) is 2.78.